The molecule has 10 nitrogen and oxygen atoms in total. The van der Waals surface area contributed by atoms with Crippen molar-refractivity contribution in [2.75, 3.05) is 0 Å². The SMILES string of the molecule is O=C1OC(=O)c2cc(O)c(O)cc21.O=C1OC(=O)c2cc(O)c(O)cc21.[W]. The topological polar surface area (TPSA) is 168 Å². The Bertz CT molecular complexity index is 851. The molecule has 0 fully saturated rings. The van der Waals surface area contributed by atoms with Gasteiger partial charge < -0.3 is 29.9 Å². The fourth-order valence-corrected chi connectivity index (χ4v) is 2.22. The predicted octanol–water partition coefficient (Wildman–Crippen LogP) is 0.814. The summed E-state index contributed by atoms with van der Waals surface area (Å²) >= 11 is 0. The zero-order valence-corrected chi connectivity index (χ0v) is 15.9. The fourth-order valence-electron chi connectivity index (χ4n) is 2.22. The van der Waals surface area contributed by atoms with E-state index in [1.165, 1.54) is 0 Å². The average molecular weight is 544 g/mol. The number of carbonyl (C=O) groups is 4. The van der Waals surface area contributed by atoms with Crippen LogP contribution in [0.4, 0.5) is 0 Å². The summed E-state index contributed by atoms with van der Waals surface area (Å²) in [5.74, 6) is -5.05. The number of benzene rings is 2. The second-order valence-corrected chi connectivity index (χ2v) is 5.13. The van der Waals surface area contributed by atoms with Crippen LogP contribution in [0.5, 0.6) is 23.0 Å². The van der Waals surface area contributed by atoms with Crippen LogP contribution in [0.2, 0.25) is 0 Å². The molecule has 2 heterocycles. The molecule has 2 aliphatic heterocycles. The third kappa shape index (κ3) is 3.47. The molecule has 0 atom stereocenters. The number of rotatable bonds is 0. The van der Waals surface area contributed by atoms with Crippen LogP contribution in [0.1, 0.15) is 41.4 Å². The van der Waals surface area contributed by atoms with Gasteiger partial charge >= 0.3 is 23.9 Å². The zero-order chi connectivity index (χ0) is 19.2. The number of esters is 4. The van der Waals surface area contributed by atoms with Crippen LogP contribution in [0.15, 0.2) is 24.3 Å². The van der Waals surface area contributed by atoms with Crippen molar-refractivity contribution in [3.05, 3.63) is 46.5 Å². The number of cyclic esters (lactones) is 4. The molecule has 0 spiro atoms. The molecule has 138 valence electrons. The Morgan fingerprint density at radius 1 is 0.481 bits per heavy atom. The van der Waals surface area contributed by atoms with Gasteiger partial charge in [-0.05, 0) is 24.3 Å². The van der Waals surface area contributed by atoms with Crippen LogP contribution < -0.4 is 0 Å². The largest absolute Gasteiger partial charge is 0.504 e. The van der Waals surface area contributed by atoms with Gasteiger partial charge in [-0.1, -0.05) is 0 Å². The van der Waals surface area contributed by atoms with Crippen molar-refractivity contribution in [1.29, 1.82) is 0 Å². The molecule has 27 heavy (non-hydrogen) atoms. The van der Waals surface area contributed by atoms with Gasteiger partial charge in [-0.15, -0.1) is 0 Å². The van der Waals surface area contributed by atoms with E-state index in [1.54, 1.807) is 0 Å². The van der Waals surface area contributed by atoms with Crippen LogP contribution in [-0.2, 0) is 30.5 Å². The van der Waals surface area contributed by atoms with Gasteiger partial charge in [0.25, 0.3) is 0 Å². The molecule has 0 amide bonds. The van der Waals surface area contributed by atoms with E-state index >= 15 is 0 Å². The average Bonchev–Trinajstić information content (AvgIpc) is 2.99. The molecule has 4 rings (SSSR count). The molecular weight excluding hydrogens is 536 g/mol. The standard InChI is InChI=1S/2C8H4O5.W/c2*9-5-1-3-4(2-6(5)10)8(12)13-7(3)11;/h2*1-2,9-10H;. The van der Waals surface area contributed by atoms with E-state index in [-0.39, 0.29) is 43.3 Å². The van der Waals surface area contributed by atoms with Gasteiger partial charge in [-0.25, -0.2) is 19.2 Å². The minimum Gasteiger partial charge on any atom is -0.504 e. The molecule has 0 unspecified atom stereocenters. The minimum atomic E-state index is -0.810. The van der Waals surface area contributed by atoms with Crippen LogP contribution in [0.3, 0.4) is 0 Å². The first-order valence-electron chi connectivity index (χ1n) is 6.84. The second kappa shape index (κ2) is 7.08. The normalized spacial score (nSPS) is 13.6. The molecule has 4 N–H and O–H groups in total. The summed E-state index contributed by atoms with van der Waals surface area (Å²) in [6.07, 6.45) is 0. The number of carbonyl (C=O) groups excluding carboxylic acids is 4. The molecule has 0 bridgehead atoms. The quantitative estimate of drug-likeness (QED) is 0.212. The first-order chi connectivity index (χ1) is 12.2. The summed E-state index contributed by atoms with van der Waals surface area (Å²) in [5.41, 5.74) is -0.110. The molecular formula is C16H8O10W. The Morgan fingerprint density at radius 2 is 0.667 bits per heavy atom. The Labute approximate surface area is 163 Å². The number of phenolic OH excluding ortho intramolecular Hbond substituents is 4. The van der Waals surface area contributed by atoms with E-state index in [0.717, 1.165) is 24.3 Å². The molecule has 11 heteroatoms. The van der Waals surface area contributed by atoms with Gasteiger partial charge in [0.05, 0.1) is 22.3 Å². The van der Waals surface area contributed by atoms with Crippen LogP contribution in [0.25, 0.3) is 0 Å². The maximum Gasteiger partial charge on any atom is 0.347 e. The summed E-state index contributed by atoms with van der Waals surface area (Å²) in [6, 6.07) is 3.99. The second-order valence-electron chi connectivity index (χ2n) is 5.13. The van der Waals surface area contributed by atoms with Crippen LogP contribution in [-0.4, -0.2) is 44.3 Å². The molecule has 0 radical (unpaired) electrons. The first-order valence-corrected chi connectivity index (χ1v) is 6.84. The minimum absolute atomic E-state index is 0. The third-order valence-corrected chi connectivity index (χ3v) is 3.48. The van der Waals surface area contributed by atoms with Crippen molar-refractivity contribution >= 4 is 23.9 Å². The third-order valence-electron chi connectivity index (χ3n) is 3.48. The van der Waals surface area contributed by atoms with Crippen molar-refractivity contribution in [2.45, 2.75) is 0 Å². The number of ether oxygens (including phenoxy) is 2. The summed E-state index contributed by atoms with van der Waals surface area (Å²) in [6.45, 7) is 0. The fraction of sp³-hybridized carbons (Fsp3) is 0. The number of fused-ring (bicyclic) bond motifs is 2. The molecule has 2 aliphatic rings. The number of hydrogen-bond acceptors (Lipinski definition) is 10. The van der Waals surface area contributed by atoms with Crippen molar-refractivity contribution < 1.29 is 70.1 Å². The van der Waals surface area contributed by atoms with Gasteiger partial charge in [0.2, 0.25) is 0 Å². The summed E-state index contributed by atoms with van der Waals surface area (Å²) in [4.78, 5) is 43.6. The number of hydrogen-bond donors (Lipinski definition) is 4. The Kier molecular flexibility index (Phi) is 5.23. The van der Waals surface area contributed by atoms with Crippen molar-refractivity contribution in [2.24, 2.45) is 0 Å². The molecule has 0 aromatic heterocycles. The van der Waals surface area contributed by atoms with Gasteiger partial charge in [0.1, 0.15) is 0 Å². The number of aromatic hydroxyl groups is 4. The first kappa shape index (κ1) is 19.9. The van der Waals surface area contributed by atoms with Crippen molar-refractivity contribution in [3.8, 4) is 23.0 Å². The molecule has 0 saturated heterocycles. The molecule has 0 saturated carbocycles. The van der Waals surface area contributed by atoms with E-state index < -0.39 is 46.9 Å². The number of phenols is 4. The van der Waals surface area contributed by atoms with E-state index in [9.17, 15) is 19.2 Å². The zero-order valence-electron chi connectivity index (χ0n) is 13.0. The monoisotopic (exact) mass is 544 g/mol. The smallest absolute Gasteiger partial charge is 0.347 e. The Hall–Kier alpha value is -3.39. The summed E-state index contributed by atoms with van der Waals surface area (Å²) in [7, 11) is 0. The molecule has 2 aromatic rings. The molecule has 2 aromatic carbocycles. The van der Waals surface area contributed by atoms with Gasteiger partial charge in [-0.3, -0.25) is 0 Å². The maximum absolute atomic E-state index is 10.9. The van der Waals surface area contributed by atoms with E-state index in [2.05, 4.69) is 9.47 Å². The maximum atomic E-state index is 10.9. The van der Waals surface area contributed by atoms with E-state index in [1.807, 2.05) is 0 Å². The Balaban J connectivity index is 0.000000187. The van der Waals surface area contributed by atoms with Gasteiger partial charge in [0.15, 0.2) is 23.0 Å². The van der Waals surface area contributed by atoms with Crippen molar-refractivity contribution in [3.63, 3.8) is 0 Å². The summed E-state index contributed by atoms with van der Waals surface area (Å²) < 4.78 is 8.48. The predicted molar refractivity (Wildman–Crippen MR) is 79.0 cm³/mol. The van der Waals surface area contributed by atoms with Crippen molar-refractivity contribution in [1.82, 2.24) is 0 Å². The van der Waals surface area contributed by atoms with Gasteiger partial charge in [-0.2, -0.15) is 0 Å². The van der Waals surface area contributed by atoms with Crippen LogP contribution in [0, 0.1) is 0 Å². The molecule has 0 aliphatic carbocycles. The van der Waals surface area contributed by atoms with Gasteiger partial charge in [0, 0.05) is 21.1 Å². The Morgan fingerprint density at radius 3 is 0.852 bits per heavy atom. The van der Waals surface area contributed by atoms with E-state index in [0.29, 0.717) is 0 Å². The van der Waals surface area contributed by atoms with E-state index in [4.69, 9.17) is 20.4 Å². The van der Waals surface area contributed by atoms with Crippen LogP contribution >= 0.6 is 0 Å². The summed E-state index contributed by atoms with van der Waals surface area (Å²) in [5, 5.41) is 36.1.